The SMILES string of the molecule is CCOc1cc(-c2nnc(SC(C)C(=O)NCCC3=CCCCC3)o2)cc(OCC)c1OCC. The summed E-state index contributed by atoms with van der Waals surface area (Å²) in [5.41, 5.74) is 2.11. The molecule has 1 heterocycles. The van der Waals surface area contributed by atoms with Crippen molar-refractivity contribution in [3.8, 4) is 28.7 Å². The summed E-state index contributed by atoms with van der Waals surface area (Å²) in [4.78, 5) is 12.5. The maximum absolute atomic E-state index is 12.5. The lowest BCUT2D eigenvalue weighted by Gasteiger charge is -2.16. The number of aromatic nitrogens is 2. The van der Waals surface area contributed by atoms with Crippen LogP contribution >= 0.6 is 11.8 Å². The smallest absolute Gasteiger partial charge is 0.277 e. The summed E-state index contributed by atoms with van der Waals surface area (Å²) in [7, 11) is 0. The van der Waals surface area contributed by atoms with Gasteiger partial charge in [0, 0.05) is 12.1 Å². The summed E-state index contributed by atoms with van der Waals surface area (Å²) in [5, 5.41) is 11.3. The average Bonchev–Trinajstić information content (AvgIpc) is 3.30. The number of rotatable bonds is 13. The summed E-state index contributed by atoms with van der Waals surface area (Å²) < 4.78 is 23.1. The molecule has 0 saturated carbocycles. The third-order valence-electron chi connectivity index (χ3n) is 5.34. The second-order valence-corrected chi connectivity index (χ2v) is 9.18. The largest absolute Gasteiger partial charge is 0.490 e. The van der Waals surface area contributed by atoms with Crippen LogP contribution in [0.1, 0.15) is 59.8 Å². The van der Waals surface area contributed by atoms with Gasteiger partial charge in [0.2, 0.25) is 17.5 Å². The molecule has 0 aliphatic heterocycles. The number of carbonyl (C=O) groups is 1. The van der Waals surface area contributed by atoms with Crippen LogP contribution in [0.25, 0.3) is 11.5 Å². The second kappa shape index (κ2) is 13.3. The van der Waals surface area contributed by atoms with Crippen molar-refractivity contribution in [1.29, 1.82) is 0 Å². The quantitative estimate of drug-likeness (QED) is 0.294. The number of amides is 1. The highest BCUT2D eigenvalue weighted by molar-refractivity contribution is 8.00. The van der Waals surface area contributed by atoms with E-state index in [9.17, 15) is 4.79 Å². The Morgan fingerprint density at radius 1 is 1.09 bits per heavy atom. The Hall–Kier alpha value is -2.68. The Morgan fingerprint density at radius 3 is 2.41 bits per heavy atom. The minimum absolute atomic E-state index is 0.0421. The average molecular weight is 490 g/mol. The predicted octanol–water partition coefficient (Wildman–Crippen LogP) is 5.42. The van der Waals surface area contributed by atoms with E-state index in [1.807, 2.05) is 27.7 Å². The predicted molar refractivity (Wildman–Crippen MR) is 133 cm³/mol. The molecule has 1 atom stereocenters. The van der Waals surface area contributed by atoms with Crippen molar-refractivity contribution in [2.45, 2.75) is 70.3 Å². The van der Waals surface area contributed by atoms with E-state index >= 15 is 0 Å². The third-order valence-corrected chi connectivity index (χ3v) is 6.27. The van der Waals surface area contributed by atoms with Gasteiger partial charge in [-0.05, 0) is 71.9 Å². The summed E-state index contributed by atoms with van der Waals surface area (Å²) >= 11 is 1.24. The Bertz CT molecular complexity index is 948. The molecule has 34 heavy (non-hydrogen) atoms. The van der Waals surface area contributed by atoms with Crippen molar-refractivity contribution in [3.63, 3.8) is 0 Å². The zero-order chi connectivity index (χ0) is 24.3. The second-order valence-electron chi connectivity index (χ2n) is 7.88. The topological polar surface area (TPSA) is 95.7 Å². The van der Waals surface area contributed by atoms with Gasteiger partial charge in [0.1, 0.15) is 0 Å². The van der Waals surface area contributed by atoms with E-state index < -0.39 is 0 Å². The summed E-state index contributed by atoms with van der Waals surface area (Å²) in [6, 6.07) is 3.60. The Balaban J connectivity index is 1.65. The van der Waals surface area contributed by atoms with Crippen LogP contribution in [0.2, 0.25) is 0 Å². The molecule has 2 aromatic rings. The van der Waals surface area contributed by atoms with E-state index in [1.165, 1.54) is 30.2 Å². The molecule has 1 amide bonds. The molecule has 1 unspecified atom stereocenters. The van der Waals surface area contributed by atoms with Crippen LogP contribution in [-0.4, -0.2) is 47.7 Å². The van der Waals surface area contributed by atoms with Crippen LogP contribution in [-0.2, 0) is 4.79 Å². The van der Waals surface area contributed by atoms with E-state index in [-0.39, 0.29) is 11.2 Å². The van der Waals surface area contributed by atoms with Gasteiger partial charge in [-0.3, -0.25) is 4.79 Å². The Kier molecular flexibility index (Phi) is 10.1. The number of carbonyl (C=O) groups excluding carboxylic acids is 1. The third kappa shape index (κ3) is 7.16. The lowest BCUT2D eigenvalue weighted by Crippen LogP contribution is -2.31. The fraction of sp³-hybridized carbons (Fsp3) is 0.560. The first-order valence-corrected chi connectivity index (χ1v) is 13.0. The van der Waals surface area contributed by atoms with Crippen LogP contribution in [0, 0.1) is 0 Å². The molecule has 1 aliphatic rings. The van der Waals surface area contributed by atoms with Crippen LogP contribution < -0.4 is 19.5 Å². The van der Waals surface area contributed by atoms with Gasteiger partial charge < -0.3 is 23.9 Å². The molecule has 1 aromatic carbocycles. The molecule has 9 heteroatoms. The van der Waals surface area contributed by atoms with E-state index in [0.717, 1.165) is 19.3 Å². The van der Waals surface area contributed by atoms with E-state index in [0.29, 0.717) is 60.3 Å². The molecule has 0 fully saturated rings. The highest BCUT2D eigenvalue weighted by Gasteiger charge is 2.21. The van der Waals surface area contributed by atoms with Gasteiger partial charge in [-0.2, -0.15) is 0 Å². The van der Waals surface area contributed by atoms with E-state index in [1.54, 1.807) is 12.1 Å². The number of thioether (sulfide) groups is 1. The molecular weight excluding hydrogens is 454 g/mol. The van der Waals surface area contributed by atoms with Crippen molar-refractivity contribution in [2.24, 2.45) is 0 Å². The van der Waals surface area contributed by atoms with Gasteiger partial charge in [-0.25, -0.2) is 0 Å². The molecule has 1 aromatic heterocycles. The van der Waals surface area contributed by atoms with Gasteiger partial charge in [-0.15, -0.1) is 10.2 Å². The molecule has 1 aliphatic carbocycles. The molecule has 3 rings (SSSR count). The van der Waals surface area contributed by atoms with Crippen molar-refractivity contribution >= 4 is 17.7 Å². The highest BCUT2D eigenvalue weighted by atomic mass is 32.2. The molecule has 0 bridgehead atoms. The van der Waals surface area contributed by atoms with Gasteiger partial charge in [0.05, 0.1) is 25.1 Å². The fourth-order valence-electron chi connectivity index (χ4n) is 3.71. The zero-order valence-corrected chi connectivity index (χ0v) is 21.3. The number of nitrogens with zero attached hydrogens (tertiary/aromatic N) is 2. The van der Waals surface area contributed by atoms with Crippen LogP contribution in [0.4, 0.5) is 0 Å². The molecule has 0 saturated heterocycles. The van der Waals surface area contributed by atoms with Gasteiger partial charge in [0.15, 0.2) is 11.5 Å². The van der Waals surface area contributed by atoms with Gasteiger partial charge >= 0.3 is 0 Å². The first-order chi connectivity index (χ1) is 16.5. The monoisotopic (exact) mass is 489 g/mol. The van der Waals surface area contributed by atoms with E-state index in [4.69, 9.17) is 18.6 Å². The normalized spacial score (nSPS) is 14.3. The standard InChI is InChI=1S/C25H35N3O5S/c1-5-30-20-15-19(16-21(31-6-2)22(20)32-7-3)24-27-28-25(33-24)34-17(4)23(29)26-14-13-18-11-9-8-10-12-18/h11,15-17H,5-10,12-14H2,1-4H3,(H,26,29). The lowest BCUT2D eigenvalue weighted by atomic mass is 9.97. The summed E-state index contributed by atoms with van der Waals surface area (Å²) in [5.74, 6) is 1.94. The van der Waals surface area contributed by atoms with Crippen LogP contribution in [0.5, 0.6) is 17.2 Å². The first kappa shape index (κ1) is 25.9. The minimum Gasteiger partial charge on any atom is -0.490 e. The maximum Gasteiger partial charge on any atom is 0.277 e. The number of nitrogens with one attached hydrogen (secondary N) is 1. The molecule has 186 valence electrons. The van der Waals surface area contributed by atoms with Crippen molar-refractivity contribution in [3.05, 3.63) is 23.8 Å². The number of ether oxygens (including phenoxy) is 3. The number of benzene rings is 1. The van der Waals surface area contributed by atoms with Gasteiger partial charge in [-0.1, -0.05) is 23.4 Å². The lowest BCUT2D eigenvalue weighted by molar-refractivity contribution is -0.120. The zero-order valence-electron chi connectivity index (χ0n) is 20.5. The fourth-order valence-corrected chi connectivity index (χ4v) is 4.42. The number of allylic oxidation sites excluding steroid dienone is 1. The summed E-state index contributed by atoms with van der Waals surface area (Å²) in [6.07, 6.45) is 8.04. The van der Waals surface area contributed by atoms with E-state index in [2.05, 4.69) is 21.6 Å². The molecule has 1 N–H and O–H groups in total. The first-order valence-electron chi connectivity index (χ1n) is 12.1. The molecule has 0 spiro atoms. The summed E-state index contributed by atoms with van der Waals surface area (Å²) in [6.45, 7) is 9.64. The molecule has 8 nitrogen and oxygen atoms in total. The van der Waals surface area contributed by atoms with Crippen LogP contribution in [0.3, 0.4) is 0 Å². The maximum atomic E-state index is 12.5. The number of hydrogen-bond donors (Lipinski definition) is 1. The van der Waals surface area contributed by atoms with Crippen molar-refractivity contribution in [2.75, 3.05) is 26.4 Å². The minimum atomic E-state index is -0.355. The molecular formula is C25H35N3O5S. The number of hydrogen-bond acceptors (Lipinski definition) is 8. The van der Waals surface area contributed by atoms with Crippen molar-refractivity contribution in [1.82, 2.24) is 15.5 Å². The Morgan fingerprint density at radius 2 is 1.79 bits per heavy atom. The van der Waals surface area contributed by atoms with Crippen LogP contribution in [0.15, 0.2) is 33.4 Å². The highest BCUT2D eigenvalue weighted by Crippen LogP contribution is 2.42. The van der Waals surface area contributed by atoms with Crippen molar-refractivity contribution < 1.29 is 23.4 Å². The van der Waals surface area contributed by atoms with Gasteiger partial charge in [0.25, 0.3) is 5.22 Å². The Labute approximate surface area is 205 Å². The molecule has 0 radical (unpaired) electrons.